The van der Waals surface area contributed by atoms with Gasteiger partial charge in [0.15, 0.2) is 0 Å². The highest BCUT2D eigenvalue weighted by Gasteiger charge is 2.28. The zero-order valence-electron chi connectivity index (χ0n) is 8.85. The van der Waals surface area contributed by atoms with E-state index in [-0.39, 0.29) is 6.04 Å². The number of rotatable bonds is 3. The Morgan fingerprint density at radius 3 is 2.93 bits per heavy atom. The Kier molecular flexibility index (Phi) is 2.56. The van der Waals surface area contributed by atoms with Crippen LogP contribution < -0.4 is 5.73 Å². The molecule has 14 heavy (non-hydrogen) atoms. The van der Waals surface area contributed by atoms with Crippen molar-refractivity contribution in [3.8, 4) is 0 Å². The first-order chi connectivity index (χ1) is 6.72. The van der Waals surface area contributed by atoms with Gasteiger partial charge in [-0.1, -0.05) is 6.92 Å². The molecule has 0 saturated carbocycles. The van der Waals surface area contributed by atoms with E-state index in [1.165, 1.54) is 0 Å². The predicted octanol–water partition coefficient (Wildman–Crippen LogP) is 0.779. The second kappa shape index (κ2) is 3.71. The lowest BCUT2D eigenvalue weighted by molar-refractivity contribution is 0.102. The summed E-state index contributed by atoms with van der Waals surface area (Å²) in [6.07, 6.45) is 1.84. The minimum absolute atomic E-state index is 0.0770. The van der Waals surface area contributed by atoms with Gasteiger partial charge in [-0.2, -0.15) is 5.10 Å². The fourth-order valence-corrected chi connectivity index (χ4v) is 1.95. The fraction of sp³-hybridized carbons (Fsp3) is 0.700. The Balaban J connectivity index is 2.07. The summed E-state index contributed by atoms with van der Waals surface area (Å²) in [4.78, 5) is 2.40. The molecule has 2 heterocycles. The largest absolute Gasteiger partial charge is 0.323 e. The normalized spacial score (nSPS) is 20.8. The van der Waals surface area contributed by atoms with Gasteiger partial charge >= 0.3 is 0 Å². The molecule has 0 bridgehead atoms. The average molecular weight is 194 g/mol. The van der Waals surface area contributed by atoms with Crippen LogP contribution in [-0.2, 0) is 0 Å². The third-order valence-corrected chi connectivity index (χ3v) is 2.90. The minimum atomic E-state index is 0.0770. The maximum Gasteiger partial charge on any atom is 0.0776 e. The molecule has 1 unspecified atom stereocenters. The quantitative estimate of drug-likeness (QED) is 0.773. The molecule has 0 amide bonds. The lowest BCUT2D eigenvalue weighted by Crippen LogP contribution is -2.48. The van der Waals surface area contributed by atoms with Gasteiger partial charge in [0.1, 0.15) is 0 Å². The van der Waals surface area contributed by atoms with Crippen molar-refractivity contribution >= 4 is 0 Å². The highest BCUT2D eigenvalue weighted by atomic mass is 15.4. The maximum atomic E-state index is 5.87. The summed E-state index contributed by atoms with van der Waals surface area (Å²) in [5.74, 6) is 0. The van der Waals surface area contributed by atoms with E-state index in [1.807, 2.05) is 19.2 Å². The predicted molar refractivity (Wildman–Crippen MR) is 56.0 cm³/mol. The Morgan fingerprint density at radius 2 is 2.36 bits per heavy atom. The molecule has 78 valence electrons. The molecule has 0 radical (unpaired) electrons. The number of nitrogens with two attached hydrogens (primary N) is 1. The van der Waals surface area contributed by atoms with Gasteiger partial charge in [0.25, 0.3) is 0 Å². The molecule has 1 saturated heterocycles. The molecular weight excluding hydrogens is 176 g/mol. The van der Waals surface area contributed by atoms with Crippen LogP contribution >= 0.6 is 0 Å². The van der Waals surface area contributed by atoms with Crippen LogP contribution in [0.2, 0.25) is 0 Å². The molecule has 0 aliphatic carbocycles. The van der Waals surface area contributed by atoms with Crippen LogP contribution in [0.15, 0.2) is 12.3 Å². The van der Waals surface area contributed by atoms with Gasteiger partial charge in [-0.25, -0.2) is 0 Å². The molecule has 2 N–H and O–H groups in total. The Morgan fingerprint density at radius 1 is 1.64 bits per heavy atom. The van der Waals surface area contributed by atoms with Gasteiger partial charge < -0.3 is 5.73 Å². The molecule has 1 aromatic rings. The van der Waals surface area contributed by atoms with E-state index in [4.69, 9.17) is 5.73 Å². The van der Waals surface area contributed by atoms with Gasteiger partial charge in [0.05, 0.1) is 11.7 Å². The van der Waals surface area contributed by atoms with Crippen LogP contribution in [-0.4, -0.2) is 34.3 Å². The highest BCUT2D eigenvalue weighted by Crippen LogP contribution is 2.23. The van der Waals surface area contributed by atoms with Crippen molar-refractivity contribution in [2.75, 3.05) is 19.6 Å². The molecule has 1 aliphatic heterocycles. The third-order valence-electron chi connectivity index (χ3n) is 2.90. The molecule has 4 nitrogen and oxygen atoms in total. The maximum absolute atomic E-state index is 5.87. The highest BCUT2D eigenvalue weighted by molar-refractivity contribution is 5.07. The molecule has 4 heteroatoms. The second-order valence-corrected chi connectivity index (χ2v) is 4.00. The summed E-state index contributed by atoms with van der Waals surface area (Å²) in [7, 11) is 0. The topological polar surface area (TPSA) is 47.1 Å². The lowest BCUT2D eigenvalue weighted by Gasteiger charge is -2.39. The van der Waals surface area contributed by atoms with Gasteiger partial charge in [0.2, 0.25) is 0 Å². The molecule has 1 atom stereocenters. The van der Waals surface area contributed by atoms with E-state index in [9.17, 15) is 0 Å². The van der Waals surface area contributed by atoms with E-state index in [1.54, 1.807) is 0 Å². The van der Waals surface area contributed by atoms with Crippen LogP contribution in [0.25, 0.3) is 0 Å². The smallest absolute Gasteiger partial charge is 0.0776 e. The number of hydrogen-bond donors (Lipinski definition) is 1. The SMILES string of the molecule is CCN1CC(n2nccc2C(C)N)C1. The standard InChI is InChI=1S/C10H18N4/c1-3-13-6-9(7-13)14-10(8(2)11)4-5-12-14/h4-5,8-9H,3,6-7,11H2,1-2H3. The van der Waals surface area contributed by atoms with Crippen molar-refractivity contribution in [3.63, 3.8) is 0 Å². The van der Waals surface area contributed by atoms with E-state index < -0.39 is 0 Å². The van der Waals surface area contributed by atoms with Crippen molar-refractivity contribution in [1.82, 2.24) is 14.7 Å². The Labute approximate surface area is 84.7 Å². The number of aromatic nitrogens is 2. The minimum Gasteiger partial charge on any atom is -0.323 e. The third kappa shape index (κ3) is 1.55. The van der Waals surface area contributed by atoms with Crippen molar-refractivity contribution in [1.29, 1.82) is 0 Å². The molecule has 1 aromatic heterocycles. The summed E-state index contributed by atoms with van der Waals surface area (Å²) in [5.41, 5.74) is 7.01. The number of likely N-dealkylation sites (N-methyl/N-ethyl adjacent to an activating group) is 1. The van der Waals surface area contributed by atoms with E-state index in [0.717, 1.165) is 25.3 Å². The summed E-state index contributed by atoms with van der Waals surface area (Å²) in [6, 6.07) is 2.62. The first kappa shape index (κ1) is 9.68. The molecule has 1 aliphatic rings. The van der Waals surface area contributed by atoms with Gasteiger partial charge in [-0.3, -0.25) is 9.58 Å². The molecular formula is C10H18N4. The molecule has 0 aromatic carbocycles. The van der Waals surface area contributed by atoms with Crippen molar-refractivity contribution in [2.24, 2.45) is 5.73 Å². The van der Waals surface area contributed by atoms with Crippen molar-refractivity contribution < 1.29 is 0 Å². The summed E-state index contributed by atoms with van der Waals surface area (Å²) < 4.78 is 2.08. The Bertz CT molecular complexity index is 299. The van der Waals surface area contributed by atoms with Crippen LogP contribution in [0.1, 0.15) is 31.6 Å². The van der Waals surface area contributed by atoms with Gasteiger partial charge in [-0.15, -0.1) is 0 Å². The van der Waals surface area contributed by atoms with Crippen LogP contribution in [0.5, 0.6) is 0 Å². The van der Waals surface area contributed by atoms with Crippen LogP contribution in [0.4, 0.5) is 0 Å². The number of hydrogen-bond acceptors (Lipinski definition) is 3. The van der Waals surface area contributed by atoms with Gasteiger partial charge in [-0.05, 0) is 19.5 Å². The zero-order chi connectivity index (χ0) is 10.1. The van der Waals surface area contributed by atoms with Crippen molar-refractivity contribution in [2.45, 2.75) is 25.9 Å². The Hall–Kier alpha value is -0.870. The van der Waals surface area contributed by atoms with Crippen LogP contribution in [0, 0.1) is 0 Å². The summed E-state index contributed by atoms with van der Waals surface area (Å²) in [5, 5.41) is 4.34. The average Bonchev–Trinajstić information content (AvgIpc) is 2.50. The number of nitrogens with zero attached hydrogens (tertiary/aromatic N) is 3. The van der Waals surface area contributed by atoms with E-state index in [2.05, 4.69) is 21.6 Å². The summed E-state index contributed by atoms with van der Waals surface area (Å²) >= 11 is 0. The van der Waals surface area contributed by atoms with E-state index in [0.29, 0.717) is 6.04 Å². The van der Waals surface area contributed by atoms with Gasteiger partial charge in [0, 0.05) is 25.3 Å². The molecule has 2 rings (SSSR count). The van der Waals surface area contributed by atoms with Crippen molar-refractivity contribution in [3.05, 3.63) is 18.0 Å². The second-order valence-electron chi connectivity index (χ2n) is 4.00. The van der Waals surface area contributed by atoms with Crippen LogP contribution in [0.3, 0.4) is 0 Å². The summed E-state index contributed by atoms with van der Waals surface area (Å²) in [6.45, 7) is 7.54. The van der Waals surface area contributed by atoms with E-state index >= 15 is 0 Å². The molecule has 0 spiro atoms. The number of likely N-dealkylation sites (tertiary alicyclic amines) is 1. The zero-order valence-corrected chi connectivity index (χ0v) is 8.85. The first-order valence-electron chi connectivity index (χ1n) is 5.23. The monoisotopic (exact) mass is 194 g/mol. The molecule has 1 fully saturated rings. The first-order valence-corrected chi connectivity index (χ1v) is 5.23. The lowest BCUT2D eigenvalue weighted by atomic mass is 10.1. The fourth-order valence-electron chi connectivity index (χ4n) is 1.95.